The lowest BCUT2D eigenvalue weighted by molar-refractivity contribution is 0.265. The van der Waals surface area contributed by atoms with E-state index in [-0.39, 0.29) is 24.0 Å². The summed E-state index contributed by atoms with van der Waals surface area (Å²) in [7, 11) is 0. The van der Waals surface area contributed by atoms with Gasteiger partial charge in [0, 0.05) is 12.6 Å². The summed E-state index contributed by atoms with van der Waals surface area (Å²) in [6.45, 7) is 4.24. The van der Waals surface area contributed by atoms with E-state index in [4.69, 9.17) is 0 Å². The van der Waals surface area contributed by atoms with Crippen LogP contribution in [0, 0.1) is 17.8 Å². The maximum Gasteiger partial charge on any atom is 0.191 e. The van der Waals surface area contributed by atoms with E-state index in [1.165, 1.54) is 25.7 Å². The molecular weight excluding hydrogens is 313 g/mol. The SMILES string of the molecule is CC1CN=C(NC[C@@H]2C[C@H]2C2CCC2)N1.I. The molecule has 0 aromatic heterocycles. The highest BCUT2D eigenvalue weighted by Crippen LogP contribution is 2.51. The van der Waals surface area contributed by atoms with Crippen LogP contribution in [0.15, 0.2) is 4.99 Å². The van der Waals surface area contributed by atoms with Gasteiger partial charge in [-0.2, -0.15) is 0 Å². The standard InChI is InChI=1S/C12H21N3.HI/c1-8-6-13-12(15-8)14-7-10-5-11(10)9-3-2-4-9;/h8-11H,2-7H2,1H3,(H2,13,14,15);1H/t8?,10-,11-;/m0./s1. The van der Waals surface area contributed by atoms with E-state index in [1.807, 2.05) is 0 Å². The van der Waals surface area contributed by atoms with Crippen LogP contribution in [0.25, 0.3) is 0 Å². The minimum absolute atomic E-state index is 0. The summed E-state index contributed by atoms with van der Waals surface area (Å²) < 4.78 is 0. The molecule has 0 saturated heterocycles. The van der Waals surface area contributed by atoms with Crippen molar-refractivity contribution in [2.24, 2.45) is 22.7 Å². The quantitative estimate of drug-likeness (QED) is 0.774. The summed E-state index contributed by atoms with van der Waals surface area (Å²) in [6.07, 6.45) is 5.93. The van der Waals surface area contributed by atoms with Crippen LogP contribution in [0.1, 0.15) is 32.6 Å². The third-order valence-corrected chi connectivity index (χ3v) is 4.17. The van der Waals surface area contributed by atoms with Gasteiger partial charge in [-0.25, -0.2) is 0 Å². The molecule has 16 heavy (non-hydrogen) atoms. The Kier molecular flexibility index (Phi) is 3.97. The number of nitrogens with zero attached hydrogens (tertiary/aromatic N) is 1. The number of rotatable bonds is 3. The second kappa shape index (κ2) is 5.10. The van der Waals surface area contributed by atoms with Gasteiger partial charge < -0.3 is 10.6 Å². The highest BCUT2D eigenvalue weighted by Gasteiger charge is 2.44. The van der Waals surface area contributed by atoms with Gasteiger partial charge in [-0.3, -0.25) is 4.99 Å². The van der Waals surface area contributed by atoms with Crippen molar-refractivity contribution in [2.75, 3.05) is 13.1 Å². The Morgan fingerprint density at radius 2 is 2.25 bits per heavy atom. The van der Waals surface area contributed by atoms with Gasteiger partial charge in [0.15, 0.2) is 5.96 Å². The Bertz CT molecular complexity index is 275. The van der Waals surface area contributed by atoms with Crippen LogP contribution in [-0.2, 0) is 0 Å². The third kappa shape index (κ3) is 2.63. The number of hydrogen-bond donors (Lipinski definition) is 2. The lowest BCUT2D eigenvalue weighted by Gasteiger charge is -2.25. The first-order valence-electron chi connectivity index (χ1n) is 6.38. The minimum atomic E-state index is 0. The molecular formula is C12H22IN3. The number of nitrogens with one attached hydrogen (secondary N) is 2. The molecule has 3 atom stereocenters. The number of halogens is 1. The number of aliphatic imine (C=N–C) groups is 1. The zero-order valence-electron chi connectivity index (χ0n) is 9.91. The molecule has 0 aromatic rings. The molecule has 2 aliphatic carbocycles. The van der Waals surface area contributed by atoms with Gasteiger partial charge in [-0.05, 0) is 31.1 Å². The molecule has 0 aromatic carbocycles. The van der Waals surface area contributed by atoms with Gasteiger partial charge >= 0.3 is 0 Å². The van der Waals surface area contributed by atoms with E-state index in [0.29, 0.717) is 6.04 Å². The van der Waals surface area contributed by atoms with E-state index >= 15 is 0 Å². The van der Waals surface area contributed by atoms with Crippen LogP contribution in [0.3, 0.4) is 0 Å². The largest absolute Gasteiger partial charge is 0.356 e. The molecule has 0 spiro atoms. The fourth-order valence-corrected chi connectivity index (χ4v) is 2.84. The van der Waals surface area contributed by atoms with Crippen molar-refractivity contribution >= 4 is 29.9 Å². The van der Waals surface area contributed by atoms with Gasteiger partial charge in [0.1, 0.15) is 0 Å². The zero-order valence-corrected chi connectivity index (χ0v) is 12.2. The molecule has 3 aliphatic rings. The molecule has 1 heterocycles. The van der Waals surface area contributed by atoms with Crippen LogP contribution in [0.2, 0.25) is 0 Å². The third-order valence-electron chi connectivity index (χ3n) is 4.17. The first-order valence-corrected chi connectivity index (χ1v) is 6.38. The van der Waals surface area contributed by atoms with Crippen LogP contribution in [-0.4, -0.2) is 25.1 Å². The van der Waals surface area contributed by atoms with Gasteiger partial charge in [0.25, 0.3) is 0 Å². The second-order valence-electron chi connectivity index (χ2n) is 5.47. The van der Waals surface area contributed by atoms with Crippen molar-refractivity contribution in [1.29, 1.82) is 0 Å². The predicted octanol–water partition coefficient (Wildman–Crippen LogP) is 1.98. The normalized spacial score (nSPS) is 36.8. The Morgan fingerprint density at radius 3 is 2.81 bits per heavy atom. The monoisotopic (exact) mass is 335 g/mol. The molecule has 0 bridgehead atoms. The van der Waals surface area contributed by atoms with Crippen LogP contribution in [0.4, 0.5) is 0 Å². The summed E-state index contributed by atoms with van der Waals surface area (Å²) in [6, 6.07) is 0.522. The summed E-state index contributed by atoms with van der Waals surface area (Å²) in [4.78, 5) is 4.41. The van der Waals surface area contributed by atoms with E-state index in [9.17, 15) is 0 Å². The van der Waals surface area contributed by atoms with Crippen LogP contribution in [0.5, 0.6) is 0 Å². The first kappa shape index (κ1) is 12.5. The van der Waals surface area contributed by atoms with Crippen molar-refractivity contribution in [3.05, 3.63) is 0 Å². The van der Waals surface area contributed by atoms with Crippen molar-refractivity contribution in [3.63, 3.8) is 0 Å². The van der Waals surface area contributed by atoms with E-state index in [0.717, 1.165) is 36.8 Å². The molecule has 0 radical (unpaired) electrons. The molecule has 1 aliphatic heterocycles. The smallest absolute Gasteiger partial charge is 0.191 e. The maximum atomic E-state index is 4.41. The maximum absolute atomic E-state index is 4.41. The van der Waals surface area contributed by atoms with Gasteiger partial charge in [0.2, 0.25) is 0 Å². The second-order valence-corrected chi connectivity index (χ2v) is 5.47. The minimum Gasteiger partial charge on any atom is -0.356 e. The lowest BCUT2D eigenvalue weighted by Crippen LogP contribution is -2.38. The summed E-state index contributed by atoms with van der Waals surface area (Å²) >= 11 is 0. The van der Waals surface area contributed by atoms with Gasteiger partial charge in [-0.15, -0.1) is 24.0 Å². The van der Waals surface area contributed by atoms with E-state index in [1.54, 1.807) is 0 Å². The average Bonchev–Trinajstić information content (AvgIpc) is 2.74. The Balaban J connectivity index is 0.000000963. The summed E-state index contributed by atoms with van der Waals surface area (Å²) in [5, 5.41) is 6.79. The first-order chi connectivity index (χ1) is 7.33. The van der Waals surface area contributed by atoms with Crippen LogP contribution < -0.4 is 10.6 Å². The molecule has 2 N–H and O–H groups in total. The predicted molar refractivity (Wildman–Crippen MR) is 77.3 cm³/mol. The Hall–Kier alpha value is 0. The van der Waals surface area contributed by atoms with Crippen LogP contribution >= 0.6 is 24.0 Å². The summed E-state index contributed by atoms with van der Waals surface area (Å²) in [5.41, 5.74) is 0. The Morgan fingerprint density at radius 1 is 1.44 bits per heavy atom. The molecule has 4 heteroatoms. The topological polar surface area (TPSA) is 36.4 Å². The van der Waals surface area contributed by atoms with Gasteiger partial charge in [-0.1, -0.05) is 19.3 Å². The highest BCUT2D eigenvalue weighted by molar-refractivity contribution is 14.0. The fraction of sp³-hybridized carbons (Fsp3) is 0.917. The van der Waals surface area contributed by atoms with Crippen molar-refractivity contribution in [1.82, 2.24) is 10.6 Å². The molecule has 3 nitrogen and oxygen atoms in total. The molecule has 3 rings (SSSR count). The molecule has 0 amide bonds. The number of hydrogen-bond acceptors (Lipinski definition) is 3. The highest BCUT2D eigenvalue weighted by atomic mass is 127. The van der Waals surface area contributed by atoms with E-state index < -0.39 is 0 Å². The average molecular weight is 335 g/mol. The zero-order chi connectivity index (χ0) is 10.3. The van der Waals surface area contributed by atoms with Gasteiger partial charge in [0.05, 0.1) is 6.54 Å². The number of guanidine groups is 1. The molecule has 2 fully saturated rings. The molecule has 1 unspecified atom stereocenters. The summed E-state index contributed by atoms with van der Waals surface area (Å²) in [5.74, 6) is 4.09. The lowest BCUT2D eigenvalue weighted by atomic mass is 9.81. The van der Waals surface area contributed by atoms with E-state index in [2.05, 4.69) is 22.5 Å². The molecule has 92 valence electrons. The Labute approximate surface area is 115 Å². The molecule has 2 saturated carbocycles. The van der Waals surface area contributed by atoms with Crippen molar-refractivity contribution < 1.29 is 0 Å². The van der Waals surface area contributed by atoms with Crippen molar-refractivity contribution in [3.8, 4) is 0 Å². The fourth-order valence-electron chi connectivity index (χ4n) is 2.84. The van der Waals surface area contributed by atoms with Crippen molar-refractivity contribution in [2.45, 2.75) is 38.6 Å².